The van der Waals surface area contributed by atoms with E-state index in [9.17, 15) is 0 Å². The minimum atomic E-state index is 0.490. The third kappa shape index (κ3) is 0.855. The van der Waals surface area contributed by atoms with Gasteiger partial charge in [0.05, 0.1) is 1.37 Å². The Bertz CT molecular complexity index is 615. The van der Waals surface area contributed by atoms with Crippen LogP contribution in [0, 0.1) is 0 Å². The Kier molecular flexibility index (Phi) is 1.03. The van der Waals surface area contributed by atoms with Crippen molar-refractivity contribution in [2.24, 2.45) is 0 Å². The van der Waals surface area contributed by atoms with Crippen LogP contribution in [0.4, 0.5) is 0 Å². The zero-order chi connectivity index (χ0) is 9.54. The van der Waals surface area contributed by atoms with Crippen molar-refractivity contribution in [2.45, 2.75) is 0 Å². The van der Waals surface area contributed by atoms with Crippen LogP contribution in [0.2, 0.25) is 0 Å². The zero-order valence-corrected chi connectivity index (χ0v) is 6.82. The van der Waals surface area contributed by atoms with E-state index >= 15 is 0 Å². The second-order valence-electron chi connectivity index (χ2n) is 2.90. The Labute approximate surface area is 76.2 Å². The molecule has 0 bridgehead atoms. The van der Waals surface area contributed by atoms with Crippen molar-refractivity contribution in [1.29, 1.82) is 0 Å². The molecule has 2 heteroatoms. The van der Waals surface area contributed by atoms with Gasteiger partial charge in [-0.25, -0.2) is 0 Å². The summed E-state index contributed by atoms with van der Waals surface area (Å²) in [5, 5.41) is 1.93. The Morgan fingerprint density at radius 2 is 2.08 bits per heavy atom. The molecule has 0 aliphatic rings. The van der Waals surface area contributed by atoms with Crippen molar-refractivity contribution in [3.8, 4) is 0 Å². The number of furan rings is 1. The lowest BCUT2D eigenvalue weighted by molar-refractivity contribution is 0.668. The van der Waals surface area contributed by atoms with Gasteiger partial charge in [0.15, 0.2) is 0 Å². The highest BCUT2D eigenvalue weighted by molar-refractivity contribution is 6.04. The van der Waals surface area contributed by atoms with Gasteiger partial charge in [0, 0.05) is 23.2 Å². The van der Waals surface area contributed by atoms with Gasteiger partial charge in [-0.2, -0.15) is 0 Å². The van der Waals surface area contributed by atoms with Crippen LogP contribution in [0.25, 0.3) is 21.9 Å². The molecule has 0 amide bonds. The summed E-state index contributed by atoms with van der Waals surface area (Å²) in [6, 6.07) is 7.65. The van der Waals surface area contributed by atoms with E-state index in [1.54, 1.807) is 24.5 Å². The summed E-state index contributed by atoms with van der Waals surface area (Å²) in [5.74, 6) is 0. The van der Waals surface area contributed by atoms with Crippen LogP contribution in [0.5, 0.6) is 0 Å². The minimum Gasteiger partial charge on any atom is -0.456 e. The molecule has 62 valence electrons. The number of rotatable bonds is 0. The Morgan fingerprint density at radius 1 is 1.15 bits per heavy atom. The molecule has 0 fully saturated rings. The van der Waals surface area contributed by atoms with Crippen molar-refractivity contribution in [2.75, 3.05) is 0 Å². The molecule has 13 heavy (non-hydrogen) atoms. The molecule has 1 aromatic carbocycles. The first-order chi connectivity index (χ1) is 6.84. The van der Waals surface area contributed by atoms with Crippen LogP contribution < -0.4 is 0 Å². The smallest absolute Gasteiger partial charge is 0.138 e. The molecular weight excluding hydrogens is 162 g/mol. The summed E-state index contributed by atoms with van der Waals surface area (Å²) in [4.78, 5) is 4.04. The van der Waals surface area contributed by atoms with Crippen molar-refractivity contribution in [3.05, 3.63) is 42.7 Å². The van der Waals surface area contributed by atoms with Gasteiger partial charge >= 0.3 is 0 Å². The molecule has 0 radical (unpaired) electrons. The van der Waals surface area contributed by atoms with Crippen molar-refractivity contribution in [3.63, 3.8) is 0 Å². The van der Waals surface area contributed by atoms with E-state index in [1.165, 1.54) is 0 Å². The van der Waals surface area contributed by atoms with E-state index in [2.05, 4.69) is 4.98 Å². The largest absolute Gasteiger partial charge is 0.456 e. The standard InChI is InChI=1S/C11H7NO/c1-2-4-10-8(3-1)9-7-12-6-5-11(9)13-10/h1-7H/i1D. The minimum absolute atomic E-state index is 0.490. The lowest BCUT2D eigenvalue weighted by atomic mass is 10.2. The van der Waals surface area contributed by atoms with Gasteiger partial charge in [0.1, 0.15) is 11.2 Å². The number of benzene rings is 1. The number of para-hydroxylation sites is 1. The molecule has 3 rings (SSSR count). The predicted molar refractivity (Wildman–Crippen MR) is 51.5 cm³/mol. The van der Waals surface area contributed by atoms with Crippen LogP contribution in [0.3, 0.4) is 0 Å². The van der Waals surface area contributed by atoms with Gasteiger partial charge in [-0.1, -0.05) is 18.2 Å². The topological polar surface area (TPSA) is 26.0 Å². The summed E-state index contributed by atoms with van der Waals surface area (Å²) in [5.41, 5.74) is 1.63. The number of fused-ring (bicyclic) bond motifs is 3. The summed E-state index contributed by atoms with van der Waals surface area (Å²) < 4.78 is 13.1. The van der Waals surface area contributed by atoms with Crippen LogP contribution in [-0.2, 0) is 0 Å². The first kappa shape index (κ1) is 5.75. The molecule has 2 nitrogen and oxygen atoms in total. The monoisotopic (exact) mass is 170 g/mol. The van der Waals surface area contributed by atoms with E-state index in [4.69, 9.17) is 5.79 Å². The first-order valence-electron chi connectivity index (χ1n) is 4.57. The Balaban J connectivity index is 2.58. The van der Waals surface area contributed by atoms with Gasteiger partial charge < -0.3 is 4.42 Å². The maximum atomic E-state index is 7.53. The van der Waals surface area contributed by atoms with Gasteiger partial charge in [-0.05, 0) is 12.1 Å². The molecule has 0 spiro atoms. The van der Waals surface area contributed by atoms with Crippen LogP contribution in [0.15, 0.2) is 47.1 Å². The van der Waals surface area contributed by atoms with E-state index in [-0.39, 0.29) is 0 Å². The normalized spacial score (nSPS) is 12.2. The molecule has 0 N–H and O–H groups in total. The molecule has 0 unspecified atom stereocenters. The second kappa shape index (κ2) is 2.33. The van der Waals surface area contributed by atoms with Crippen molar-refractivity contribution in [1.82, 2.24) is 4.98 Å². The fourth-order valence-corrected chi connectivity index (χ4v) is 1.51. The molecular formula is C11H7NO. The SMILES string of the molecule is [2H]c1ccc2oc3ccncc3c2c1. The highest BCUT2D eigenvalue weighted by atomic mass is 16.3. The molecule has 2 heterocycles. The number of aromatic nitrogens is 1. The fraction of sp³-hybridized carbons (Fsp3) is 0. The summed E-state index contributed by atoms with van der Waals surface area (Å²) in [7, 11) is 0. The molecule has 0 saturated carbocycles. The quantitative estimate of drug-likeness (QED) is 0.518. The molecule has 2 aromatic heterocycles. The lowest BCUT2D eigenvalue weighted by Gasteiger charge is -1.84. The molecule has 0 aliphatic carbocycles. The highest BCUT2D eigenvalue weighted by Gasteiger charge is 2.03. The van der Waals surface area contributed by atoms with E-state index in [1.807, 2.05) is 12.1 Å². The summed E-state index contributed by atoms with van der Waals surface area (Å²) in [6.07, 6.45) is 3.47. The van der Waals surface area contributed by atoms with Gasteiger partial charge in [0.25, 0.3) is 0 Å². The molecule has 3 aromatic rings. The summed E-state index contributed by atoms with van der Waals surface area (Å²) in [6.45, 7) is 0. The van der Waals surface area contributed by atoms with Crippen molar-refractivity contribution >= 4 is 21.9 Å². The lowest BCUT2D eigenvalue weighted by Crippen LogP contribution is -1.67. The molecule has 0 aliphatic heterocycles. The van der Waals surface area contributed by atoms with Crippen molar-refractivity contribution < 1.29 is 5.79 Å². The average Bonchev–Trinajstić information content (AvgIpc) is 2.56. The van der Waals surface area contributed by atoms with E-state index in [0.717, 1.165) is 21.9 Å². The predicted octanol–water partition coefficient (Wildman–Crippen LogP) is 2.98. The van der Waals surface area contributed by atoms with Gasteiger partial charge in [0.2, 0.25) is 0 Å². The zero-order valence-electron chi connectivity index (χ0n) is 7.82. The number of nitrogens with zero attached hydrogens (tertiary/aromatic N) is 1. The molecule has 0 saturated heterocycles. The number of hydrogen-bond acceptors (Lipinski definition) is 2. The van der Waals surface area contributed by atoms with Crippen LogP contribution in [-0.4, -0.2) is 4.98 Å². The summed E-state index contributed by atoms with van der Waals surface area (Å²) >= 11 is 0. The van der Waals surface area contributed by atoms with Gasteiger partial charge in [-0.3, -0.25) is 4.98 Å². The third-order valence-electron chi connectivity index (χ3n) is 2.12. The third-order valence-corrected chi connectivity index (χ3v) is 2.12. The highest BCUT2D eigenvalue weighted by Crippen LogP contribution is 2.26. The van der Waals surface area contributed by atoms with Crippen LogP contribution >= 0.6 is 0 Å². The molecule has 0 atom stereocenters. The van der Waals surface area contributed by atoms with E-state index < -0.39 is 0 Å². The number of pyridine rings is 1. The maximum absolute atomic E-state index is 7.53. The average molecular weight is 170 g/mol. The van der Waals surface area contributed by atoms with Crippen LogP contribution in [0.1, 0.15) is 1.37 Å². The van der Waals surface area contributed by atoms with Gasteiger partial charge in [-0.15, -0.1) is 0 Å². The Hall–Kier alpha value is -1.83. The van der Waals surface area contributed by atoms with E-state index in [0.29, 0.717) is 6.04 Å². The maximum Gasteiger partial charge on any atom is 0.138 e. The second-order valence-corrected chi connectivity index (χ2v) is 2.90. The fourth-order valence-electron chi connectivity index (χ4n) is 1.51. The Morgan fingerprint density at radius 3 is 3.08 bits per heavy atom. The number of hydrogen-bond donors (Lipinski definition) is 0. The first-order valence-corrected chi connectivity index (χ1v) is 4.07.